The zero-order valence-corrected chi connectivity index (χ0v) is 14.7. The highest BCUT2D eigenvalue weighted by Crippen LogP contribution is 2.38. The Balaban J connectivity index is 1.55. The summed E-state index contributed by atoms with van der Waals surface area (Å²) in [6.07, 6.45) is 5.52. The lowest BCUT2D eigenvalue weighted by molar-refractivity contribution is -0.140. The highest BCUT2D eigenvalue weighted by molar-refractivity contribution is 5.99. The first-order valence-corrected chi connectivity index (χ1v) is 8.32. The molecule has 1 aliphatic rings. The molecule has 25 heavy (non-hydrogen) atoms. The number of carbonyl (C=O) groups excluding carboxylic acids is 2. The lowest BCUT2D eigenvalue weighted by atomic mass is 10.1. The number of hydrogen-bond acceptors (Lipinski definition) is 6. The lowest BCUT2D eigenvalue weighted by Crippen LogP contribution is -2.29. The van der Waals surface area contributed by atoms with Crippen LogP contribution in [0.4, 0.5) is 5.95 Å². The summed E-state index contributed by atoms with van der Waals surface area (Å²) in [5, 5.41) is 0. The third-order valence-corrected chi connectivity index (χ3v) is 4.32. The van der Waals surface area contributed by atoms with Crippen molar-refractivity contribution in [2.24, 2.45) is 0 Å². The van der Waals surface area contributed by atoms with Crippen molar-refractivity contribution in [3.05, 3.63) is 41.5 Å². The molecule has 1 saturated carbocycles. The fraction of sp³-hybridized carbons (Fsp3) is 0.444. The van der Waals surface area contributed by atoms with Crippen LogP contribution in [0.2, 0.25) is 0 Å². The van der Waals surface area contributed by atoms with Gasteiger partial charge in [0.15, 0.2) is 6.61 Å². The van der Waals surface area contributed by atoms with E-state index in [1.54, 1.807) is 30.4 Å². The predicted molar refractivity (Wildman–Crippen MR) is 92.8 cm³/mol. The Morgan fingerprint density at radius 3 is 2.60 bits per heavy atom. The minimum atomic E-state index is -0.487. The summed E-state index contributed by atoms with van der Waals surface area (Å²) in [6.45, 7) is 3.68. The smallest absolute Gasteiger partial charge is 0.326 e. The second-order valence-corrected chi connectivity index (χ2v) is 6.37. The van der Waals surface area contributed by atoms with Crippen molar-refractivity contribution in [1.29, 1.82) is 0 Å². The maximum atomic E-state index is 12.4. The largest absolute Gasteiger partial charge is 0.456 e. The summed E-state index contributed by atoms with van der Waals surface area (Å²) in [5.74, 6) is -0.231. The van der Waals surface area contributed by atoms with Crippen LogP contribution in [-0.4, -0.2) is 46.5 Å². The van der Waals surface area contributed by atoms with Crippen LogP contribution in [0.5, 0.6) is 0 Å². The number of aromatic nitrogens is 3. The average molecular weight is 342 g/mol. The molecule has 0 spiro atoms. The topological polar surface area (TPSA) is 77.3 Å². The molecule has 7 nitrogen and oxygen atoms in total. The maximum absolute atomic E-state index is 12.4. The molecule has 0 radical (unpaired) electrons. The molecule has 0 N–H and O–H groups in total. The Bertz CT molecular complexity index is 781. The third-order valence-electron chi connectivity index (χ3n) is 4.32. The normalized spacial score (nSPS) is 13.6. The Morgan fingerprint density at radius 1 is 1.28 bits per heavy atom. The second-order valence-electron chi connectivity index (χ2n) is 6.37. The summed E-state index contributed by atoms with van der Waals surface area (Å²) < 4.78 is 7.34. The molecule has 0 bridgehead atoms. The Hall–Kier alpha value is -2.70. The number of rotatable bonds is 7. The quantitative estimate of drug-likeness (QED) is 0.566. The van der Waals surface area contributed by atoms with E-state index >= 15 is 0 Å². The third kappa shape index (κ3) is 3.87. The molecule has 3 rings (SSSR count). The van der Waals surface area contributed by atoms with Crippen LogP contribution >= 0.6 is 0 Å². The average Bonchev–Trinajstić information content (AvgIpc) is 3.38. The molecule has 0 saturated heterocycles. The zero-order valence-electron chi connectivity index (χ0n) is 14.7. The fourth-order valence-corrected chi connectivity index (χ4v) is 2.98. The van der Waals surface area contributed by atoms with Crippen molar-refractivity contribution in [1.82, 2.24) is 14.5 Å². The van der Waals surface area contributed by atoms with E-state index in [1.807, 2.05) is 19.9 Å². The fourth-order valence-electron chi connectivity index (χ4n) is 2.98. The van der Waals surface area contributed by atoms with Crippen molar-refractivity contribution in [3.8, 4) is 0 Å². The van der Waals surface area contributed by atoms with Gasteiger partial charge in [0.1, 0.15) is 6.54 Å². The van der Waals surface area contributed by atoms with Crippen molar-refractivity contribution in [2.45, 2.75) is 32.7 Å². The van der Waals surface area contributed by atoms with Gasteiger partial charge < -0.3 is 14.2 Å². The van der Waals surface area contributed by atoms with Gasteiger partial charge in [0.05, 0.1) is 0 Å². The standard InChI is InChI=1S/C18H22N4O3/c1-12-9-15(13(2)22(12)14-5-6-14)16(23)11-25-17(24)10-21(3)18-19-7-4-8-20-18/h4,7-9,14H,5-6,10-11H2,1-3H3. The molecular weight excluding hydrogens is 320 g/mol. The Morgan fingerprint density at radius 2 is 1.96 bits per heavy atom. The van der Waals surface area contributed by atoms with Gasteiger partial charge in [-0.3, -0.25) is 9.59 Å². The van der Waals surface area contributed by atoms with Gasteiger partial charge in [-0.1, -0.05) is 0 Å². The van der Waals surface area contributed by atoms with E-state index in [2.05, 4.69) is 14.5 Å². The van der Waals surface area contributed by atoms with E-state index in [-0.39, 0.29) is 18.9 Å². The van der Waals surface area contributed by atoms with Gasteiger partial charge in [-0.15, -0.1) is 0 Å². The minimum Gasteiger partial charge on any atom is -0.456 e. The van der Waals surface area contributed by atoms with Crippen molar-refractivity contribution >= 4 is 17.7 Å². The number of hydrogen-bond donors (Lipinski definition) is 0. The van der Waals surface area contributed by atoms with Crippen LogP contribution in [0.1, 0.15) is 40.6 Å². The summed E-state index contributed by atoms with van der Waals surface area (Å²) in [4.78, 5) is 34.1. The lowest BCUT2D eigenvalue weighted by Gasteiger charge is -2.15. The van der Waals surface area contributed by atoms with E-state index in [4.69, 9.17) is 4.74 Å². The van der Waals surface area contributed by atoms with Crippen LogP contribution in [0.25, 0.3) is 0 Å². The highest BCUT2D eigenvalue weighted by atomic mass is 16.5. The van der Waals surface area contributed by atoms with Crippen molar-refractivity contribution in [2.75, 3.05) is 25.1 Å². The van der Waals surface area contributed by atoms with Crippen LogP contribution in [0, 0.1) is 13.8 Å². The SMILES string of the molecule is Cc1cc(C(=O)COC(=O)CN(C)c2ncccn2)c(C)n1C1CC1. The Labute approximate surface area is 146 Å². The molecule has 0 amide bonds. The number of ketones is 1. The van der Waals surface area contributed by atoms with E-state index in [9.17, 15) is 9.59 Å². The summed E-state index contributed by atoms with van der Waals surface area (Å²) in [5.41, 5.74) is 2.67. The number of aryl methyl sites for hydroxylation is 1. The molecule has 1 aliphatic carbocycles. The molecular formula is C18H22N4O3. The highest BCUT2D eigenvalue weighted by Gasteiger charge is 2.28. The summed E-state index contributed by atoms with van der Waals surface area (Å²) in [7, 11) is 1.70. The molecule has 2 aromatic heterocycles. The number of esters is 1. The number of Topliss-reactive ketones (excluding diaryl/α,β-unsaturated/α-hetero) is 1. The van der Waals surface area contributed by atoms with E-state index in [1.165, 1.54) is 0 Å². The number of nitrogens with zero attached hydrogens (tertiary/aromatic N) is 4. The van der Waals surface area contributed by atoms with E-state index < -0.39 is 5.97 Å². The van der Waals surface area contributed by atoms with Crippen LogP contribution in [0.3, 0.4) is 0 Å². The number of anilines is 1. The summed E-state index contributed by atoms with van der Waals surface area (Å²) in [6, 6.07) is 4.10. The molecule has 1 fully saturated rings. The maximum Gasteiger partial charge on any atom is 0.326 e. The van der Waals surface area contributed by atoms with Gasteiger partial charge in [0.2, 0.25) is 11.7 Å². The first-order chi connectivity index (χ1) is 12.0. The van der Waals surface area contributed by atoms with Gasteiger partial charge in [0, 0.05) is 42.4 Å². The van der Waals surface area contributed by atoms with Crippen molar-refractivity contribution < 1.29 is 14.3 Å². The van der Waals surface area contributed by atoms with Crippen LogP contribution in [-0.2, 0) is 9.53 Å². The van der Waals surface area contributed by atoms with Crippen LogP contribution < -0.4 is 4.90 Å². The van der Waals surface area contributed by atoms with Crippen LogP contribution in [0.15, 0.2) is 24.5 Å². The van der Waals surface area contributed by atoms with Gasteiger partial charge in [-0.25, -0.2) is 9.97 Å². The second kappa shape index (κ2) is 7.04. The van der Waals surface area contributed by atoms with E-state index in [0.29, 0.717) is 17.6 Å². The number of carbonyl (C=O) groups is 2. The van der Waals surface area contributed by atoms with Gasteiger partial charge in [-0.2, -0.15) is 0 Å². The number of ether oxygens (including phenoxy) is 1. The Kier molecular flexibility index (Phi) is 4.83. The summed E-state index contributed by atoms with van der Waals surface area (Å²) >= 11 is 0. The predicted octanol–water partition coefficient (Wildman–Crippen LogP) is 2.09. The minimum absolute atomic E-state index is 0.0155. The zero-order chi connectivity index (χ0) is 18.0. The first-order valence-electron chi connectivity index (χ1n) is 8.32. The molecule has 0 unspecified atom stereocenters. The van der Waals surface area contributed by atoms with Gasteiger partial charge >= 0.3 is 5.97 Å². The molecule has 0 atom stereocenters. The molecule has 132 valence electrons. The van der Waals surface area contributed by atoms with Crippen molar-refractivity contribution in [3.63, 3.8) is 0 Å². The van der Waals surface area contributed by atoms with E-state index in [0.717, 1.165) is 24.2 Å². The molecule has 0 aromatic carbocycles. The molecule has 7 heteroatoms. The van der Waals surface area contributed by atoms with Gasteiger partial charge in [-0.05, 0) is 38.8 Å². The monoisotopic (exact) mass is 342 g/mol. The molecule has 2 aromatic rings. The number of likely N-dealkylation sites (N-methyl/N-ethyl adjacent to an activating group) is 1. The molecule has 0 aliphatic heterocycles. The van der Waals surface area contributed by atoms with Gasteiger partial charge in [0.25, 0.3) is 0 Å². The molecule has 2 heterocycles. The first kappa shape index (κ1) is 17.1.